The predicted molar refractivity (Wildman–Crippen MR) is 110 cm³/mol. The Morgan fingerprint density at radius 2 is 1.55 bits per heavy atom. The third-order valence-electron chi connectivity index (χ3n) is 5.49. The maximum Gasteiger partial charge on any atom is 0.340 e. The standard InChI is InChI=1S/C23H18O5S/c24-14-6-8-16-19(11-14)27-20-12-15(25)7-9-17(20)23(16)18-5-1-3-13(4-2-10-29)21(18)22(26)28-23/h1,3,5-9,11-12,24-25,29H,2,4,10H2. The van der Waals surface area contributed by atoms with Crippen molar-refractivity contribution in [2.75, 3.05) is 5.75 Å². The molecule has 0 atom stereocenters. The number of rotatable bonds is 3. The van der Waals surface area contributed by atoms with Crippen LogP contribution in [-0.2, 0) is 16.8 Å². The summed E-state index contributed by atoms with van der Waals surface area (Å²) in [6, 6.07) is 15.2. The Morgan fingerprint density at radius 3 is 2.17 bits per heavy atom. The maximum absolute atomic E-state index is 13.1. The lowest BCUT2D eigenvalue weighted by Crippen LogP contribution is -2.32. The van der Waals surface area contributed by atoms with Crippen molar-refractivity contribution in [3.63, 3.8) is 0 Å². The smallest absolute Gasteiger partial charge is 0.340 e. The summed E-state index contributed by atoms with van der Waals surface area (Å²) in [7, 11) is 0. The Labute approximate surface area is 172 Å². The molecule has 3 aromatic rings. The van der Waals surface area contributed by atoms with E-state index >= 15 is 0 Å². The van der Waals surface area contributed by atoms with Crippen LogP contribution in [0.5, 0.6) is 23.0 Å². The zero-order valence-corrected chi connectivity index (χ0v) is 16.3. The van der Waals surface area contributed by atoms with Gasteiger partial charge in [-0.25, -0.2) is 4.79 Å². The van der Waals surface area contributed by atoms with Gasteiger partial charge in [0.1, 0.15) is 23.0 Å². The summed E-state index contributed by atoms with van der Waals surface area (Å²) in [5.74, 6) is 1.16. The van der Waals surface area contributed by atoms with E-state index in [9.17, 15) is 15.0 Å². The molecule has 2 N–H and O–H groups in total. The summed E-state index contributed by atoms with van der Waals surface area (Å²) in [5, 5.41) is 19.9. The summed E-state index contributed by atoms with van der Waals surface area (Å²) in [5.41, 5.74) is 2.29. The second-order valence-electron chi connectivity index (χ2n) is 7.20. The fraction of sp³-hybridized carbons (Fsp3) is 0.174. The van der Waals surface area contributed by atoms with Crippen LogP contribution in [0.25, 0.3) is 0 Å². The molecule has 0 amide bonds. The highest BCUT2D eigenvalue weighted by Gasteiger charge is 2.54. The third-order valence-corrected chi connectivity index (χ3v) is 5.81. The second kappa shape index (κ2) is 6.46. The molecule has 5 nitrogen and oxygen atoms in total. The Balaban J connectivity index is 1.83. The molecule has 0 saturated carbocycles. The number of carbonyl (C=O) groups excluding carboxylic acids is 1. The minimum atomic E-state index is -1.20. The lowest BCUT2D eigenvalue weighted by molar-refractivity contribution is 0.0223. The average molecular weight is 406 g/mol. The van der Waals surface area contributed by atoms with Gasteiger partial charge in [-0.3, -0.25) is 0 Å². The van der Waals surface area contributed by atoms with E-state index in [4.69, 9.17) is 9.47 Å². The molecule has 0 aromatic heterocycles. The van der Waals surface area contributed by atoms with Crippen LogP contribution in [0.15, 0.2) is 54.6 Å². The molecule has 0 aliphatic carbocycles. The van der Waals surface area contributed by atoms with Gasteiger partial charge in [0.2, 0.25) is 0 Å². The van der Waals surface area contributed by atoms with Crippen LogP contribution in [0.3, 0.4) is 0 Å². The zero-order valence-electron chi connectivity index (χ0n) is 15.4. The van der Waals surface area contributed by atoms with Gasteiger partial charge in [-0.15, -0.1) is 0 Å². The van der Waals surface area contributed by atoms with Crippen molar-refractivity contribution in [1.29, 1.82) is 0 Å². The summed E-state index contributed by atoms with van der Waals surface area (Å²) < 4.78 is 12.1. The number of hydrogen-bond donors (Lipinski definition) is 3. The van der Waals surface area contributed by atoms with Crippen LogP contribution < -0.4 is 4.74 Å². The van der Waals surface area contributed by atoms with Crippen molar-refractivity contribution in [1.82, 2.24) is 0 Å². The number of phenols is 2. The Morgan fingerprint density at radius 1 is 0.897 bits per heavy atom. The minimum absolute atomic E-state index is 0.0366. The topological polar surface area (TPSA) is 76.0 Å². The first-order chi connectivity index (χ1) is 14.0. The van der Waals surface area contributed by atoms with Crippen molar-refractivity contribution < 1.29 is 24.5 Å². The number of esters is 1. The number of fused-ring (bicyclic) bond motifs is 6. The van der Waals surface area contributed by atoms with Crippen LogP contribution in [-0.4, -0.2) is 21.9 Å². The minimum Gasteiger partial charge on any atom is -0.508 e. The van der Waals surface area contributed by atoms with E-state index in [2.05, 4.69) is 12.6 Å². The lowest BCUT2D eigenvalue weighted by atomic mass is 9.77. The van der Waals surface area contributed by atoms with Gasteiger partial charge < -0.3 is 19.7 Å². The molecule has 146 valence electrons. The number of carbonyl (C=O) groups is 1. The number of thiol groups is 1. The van der Waals surface area contributed by atoms with Crippen LogP contribution in [0.2, 0.25) is 0 Å². The van der Waals surface area contributed by atoms with E-state index in [1.54, 1.807) is 24.3 Å². The van der Waals surface area contributed by atoms with Gasteiger partial charge in [0.05, 0.1) is 5.56 Å². The molecule has 2 aliphatic rings. The van der Waals surface area contributed by atoms with Crippen LogP contribution in [0, 0.1) is 0 Å². The van der Waals surface area contributed by atoms with Gasteiger partial charge >= 0.3 is 5.97 Å². The Hall–Kier alpha value is -3.12. The fourth-order valence-electron chi connectivity index (χ4n) is 4.29. The number of benzene rings is 3. The molecular formula is C23H18O5S. The Bertz CT molecular complexity index is 1100. The van der Waals surface area contributed by atoms with Crippen molar-refractivity contribution in [3.05, 3.63) is 82.4 Å². The van der Waals surface area contributed by atoms with E-state index in [1.165, 1.54) is 12.1 Å². The summed E-state index contributed by atoms with van der Waals surface area (Å²) in [6.45, 7) is 0. The molecule has 0 bridgehead atoms. The molecule has 0 radical (unpaired) electrons. The first kappa shape index (κ1) is 17.9. The first-order valence-corrected chi connectivity index (χ1v) is 9.99. The predicted octanol–water partition coefficient (Wildman–Crippen LogP) is 4.53. The molecule has 29 heavy (non-hydrogen) atoms. The summed E-state index contributed by atoms with van der Waals surface area (Å²) in [4.78, 5) is 13.1. The van der Waals surface area contributed by atoms with Crippen molar-refractivity contribution >= 4 is 18.6 Å². The monoisotopic (exact) mass is 406 g/mol. The number of phenolic OH excluding ortho intramolecular Hbond substituents is 2. The highest BCUT2D eigenvalue weighted by atomic mass is 32.1. The normalized spacial score (nSPS) is 15.3. The fourth-order valence-corrected chi connectivity index (χ4v) is 4.45. The highest BCUT2D eigenvalue weighted by Crippen LogP contribution is 2.57. The van der Waals surface area contributed by atoms with E-state index in [0.29, 0.717) is 28.2 Å². The van der Waals surface area contributed by atoms with E-state index in [-0.39, 0.29) is 11.5 Å². The molecule has 2 aliphatic heterocycles. The number of hydrogen-bond acceptors (Lipinski definition) is 6. The van der Waals surface area contributed by atoms with Crippen LogP contribution in [0.1, 0.15) is 39.0 Å². The molecule has 2 heterocycles. The van der Waals surface area contributed by atoms with Gasteiger partial charge in [0.25, 0.3) is 0 Å². The van der Waals surface area contributed by atoms with Crippen LogP contribution in [0.4, 0.5) is 0 Å². The van der Waals surface area contributed by atoms with Gasteiger partial charge in [-0.2, -0.15) is 12.6 Å². The molecule has 3 aromatic carbocycles. The summed E-state index contributed by atoms with van der Waals surface area (Å²) >= 11 is 4.29. The molecule has 1 spiro atoms. The van der Waals surface area contributed by atoms with Crippen molar-refractivity contribution in [3.8, 4) is 23.0 Å². The second-order valence-corrected chi connectivity index (χ2v) is 7.65. The number of aromatic hydroxyl groups is 2. The molecule has 5 rings (SSSR count). The van der Waals surface area contributed by atoms with Gasteiger partial charge in [-0.05, 0) is 48.4 Å². The Kier molecular flexibility index (Phi) is 3.99. The quantitative estimate of drug-likeness (QED) is 0.440. The maximum atomic E-state index is 13.1. The molecule has 0 fully saturated rings. The average Bonchev–Trinajstić information content (AvgIpc) is 3.00. The van der Waals surface area contributed by atoms with Crippen molar-refractivity contribution in [2.45, 2.75) is 18.4 Å². The number of ether oxygens (including phenoxy) is 2. The molecular weight excluding hydrogens is 388 g/mol. The zero-order chi connectivity index (χ0) is 20.2. The van der Waals surface area contributed by atoms with Crippen molar-refractivity contribution in [2.24, 2.45) is 0 Å². The molecule has 6 heteroatoms. The highest BCUT2D eigenvalue weighted by molar-refractivity contribution is 7.80. The van der Waals surface area contributed by atoms with E-state index in [1.807, 2.05) is 18.2 Å². The number of aryl methyl sites for hydroxylation is 1. The third kappa shape index (κ3) is 2.52. The SMILES string of the molecule is O=C1OC2(c3ccc(O)cc3Oc3cc(O)ccc32)c2cccc(CCCS)c21. The van der Waals surface area contributed by atoms with E-state index in [0.717, 1.165) is 29.7 Å². The van der Waals surface area contributed by atoms with Gasteiger partial charge in [0.15, 0.2) is 5.60 Å². The summed E-state index contributed by atoms with van der Waals surface area (Å²) in [6.07, 6.45) is 1.57. The van der Waals surface area contributed by atoms with Gasteiger partial charge in [0, 0.05) is 28.8 Å². The largest absolute Gasteiger partial charge is 0.508 e. The van der Waals surface area contributed by atoms with E-state index < -0.39 is 11.6 Å². The molecule has 0 unspecified atom stereocenters. The lowest BCUT2D eigenvalue weighted by Gasteiger charge is -2.36. The van der Waals surface area contributed by atoms with Gasteiger partial charge in [-0.1, -0.05) is 18.2 Å². The first-order valence-electron chi connectivity index (χ1n) is 9.36. The van der Waals surface area contributed by atoms with Crippen LogP contribution >= 0.6 is 12.6 Å². The molecule has 0 saturated heterocycles.